The van der Waals surface area contributed by atoms with E-state index >= 15 is 0 Å². The normalized spacial score (nSPS) is 20.5. The third kappa shape index (κ3) is 3.19. The lowest BCUT2D eigenvalue weighted by Gasteiger charge is -2.11. The molecule has 27 heavy (non-hydrogen) atoms. The number of hydrogen-bond acceptors (Lipinski definition) is 5. The van der Waals surface area contributed by atoms with Crippen molar-refractivity contribution in [2.45, 2.75) is 43.6 Å². The number of hydrogen-bond donors (Lipinski definition) is 1. The Morgan fingerprint density at radius 1 is 1.33 bits per heavy atom. The van der Waals surface area contributed by atoms with Crippen molar-refractivity contribution in [3.8, 4) is 0 Å². The van der Waals surface area contributed by atoms with E-state index in [1.165, 1.54) is 30.5 Å². The van der Waals surface area contributed by atoms with E-state index in [2.05, 4.69) is 5.32 Å². The molecule has 2 aliphatic heterocycles. The average molecular weight is 388 g/mol. The lowest BCUT2D eigenvalue weighted by Crippen LogP contribution is -2.16. The lowest BCUT2D eigenvalue weighted by molar-refractivity contribution is 0.0859. The molecule has 1 N–H and O–H groups in total. The van der Waals surface area contributed by atoms with Gasteiger partial charge in [-0.2, -0.15) is 0 Å². The second-order valence-electron chi connectivity index (χ2n) is 6.97. The topological polar surface area (TPSA) is 94.5 Å². The van der Waals surface area contributed by atoms with Crippen molar-refractivity contribution in [2.24, 2.45) is 0 Å². The van der Waals surface area contributed by atoms with Crippen LogP contribution in [0.4, 0.5) is 5.69 Å². The highest BCUT2D eigenvalue weighted by molar-refractivity contribution is 7.90. The Kier molecular flexibility index (Phi) is 4.39. The van der Waals surface area contributed by atoms with Crippen LogP contribution >= 0.6 is 0 Å². The van der Waals surface area contributed by atoms with Gasteiger partial charge < -0.3 is 10.1 Å². The van der Waals surface area contributed by atoms with Gasteiger partial charge in [-0.3, -0.25) is 9.59 Å². The standard InChI is InChI=1S/C19H20N2O5S/c1-12-9-16-19(23)20-15-10-13(17(22)6-5-14-3-2-8-26-14)4-7-18(15)27(24,25)21(16)11-12/h4,7,9-11,14H,2-3,5-6,8H2,1H3,(H,20,23). The van der Waals surface area contributed by atoms with Crippen LogP contribution in [-0.4, -0.2) is 36.8 Å². The molecule has 1 aromatic heterocycles. The average Bonchev–Trinajstić information content (AvgIpc) is 3.27. The number of amides is 1. The maximum Gasteiger partial charge on any atom is 0.273 e. The summed E-state index contributed by atoms with van der Waals surface area (Å²) in [5.74, 6) is -0.617. The number of rotatable bonds is 4. The molecule has 1 saturated heterocycles. The van der Waals surface area contributed by atoms with Gasteiger partial charge in [-0.1, -0.05) is 0 Å². The van der Waals surface area contributed by atoms with Crippen molar-refractivity contribution in [2.75, 3.05) is 11.9 Å². The first-order valence-corrected chi connectivity index (χ1v) is 10.3. The van der Waals surface area contributed by atoms with E-state index in [0.29, 0.717) is 24.0 Å². The molecule has 0 spiro atoms. The zero-order valence-electron chi connectivity index (χ0n) is 14.9. The van der Waals surface area contributed by atoms with Gasteiger partial charge in [0.1, 0.15) is 10.6 Å². The molecule has 8 heteroatoms. The van der Waals surface area contributed by atoms with Crippen molar-refractivity contribution in [3.05, 3.63) is 47.3 Å². The van der Waals surface area contributed by atoms with Crippen LogP contribution in [-0.2, 0) is 14.8 Å². The van der Waals surface area contributed by atoms with E-state index in [1.807, 2.05) is 0 Å². The van der Waals surface area contributed by atoms with Crippen LogP contribution in [0.15, 0.2) is 35.4 Å². The molecule has 2 aliphatic rings. The van der Waals surface area contributed by atoms with Crippen LogP contribution in [0.25, 0.3) is 0 Å². The number of aryl methyl sites for hydroxylation is 1. The second-order valence-corrected chi connectivity index (χ2v) is 8.75. The molecule has 1 unspecified atom stereocenters. The first-order valence-electron chi connectivity index (χ1n) is 8.91. The van der Waals surface area contributed by atoms with E-state index in [9.17, 15) is 18.0 Å². The Bertz CT molecular complexity index is 1030. The van der Waals surface area contributed by atoms with E-state index in [0.717, 1.165) is 23.4 Å². The van der Waals surface area contributed by atoms with Crippen molar-refractivity contribution >= 4 is 27.4 Å². The lowest BCUT2D eigenvalue weighted by atomic mass is 10.0. The Morgan fingerprint density at radius 3 is 2.89 bits per heavy atom. The van der Waals surface area contributed by atoms with Gasteiger partial charge in [0.2, 0.25) is 0 Å². The van der Waals surface area contributed by atoms with Crippen molar-refractivity contribution in [1.82, 2.24) is 3.97 Å². The number of anilines is 1. The first-order chi connectivity index (χ1) is 12.9. The molecular formula is C19H20N2O5S. The predicted molar refractivity (Wildman–Crippen MR) is 98.7 cm³/mol. The number of fused-ring (bicyclic) bond motifs is 2. The third-order valence-corrected chi connectivity index (χ3v) is 6.69. The minimum atomic E-state index is -3.92. The van der Waals surface area contributed by atoms with Crippen LogP contribution in [0.2, 0.25) is 0 Å². The van der Waals surface area contributed by atoms with E-state index < -0.39 is 15.9 Å². The molecule has 142 valence electrons. The number of ketones is 1. The quantitative estimate of drug-likeness (QED) is 0.813. The monoisotopic (exact) mass is 388 g/mol. The fourth-order valence-electron chi connectivity index (χ4n) is 3.56. The van der Waals surface area contributed by atoms with Gasteiger partial charge in [0, 0.05) is 24.8 Å². The molecule has 0 aliphatic carbocycles. The molecule has 4 rings (SSSR count). The second kappa shape index (κ2) is 6.61. The molecule has 0 radical (unpaired) electrons. The van der Waals surface area contributed by atoms with E-state index in [4.69, 9.17) is 4.74 Å². The van der Waals surface area contributed by atoms with E-state index in [-0.39, 0.29) is 28.2 Å². The number of nitrogens with zero attached hydrogens (tertiary/aromatic N) is 1. The van der Waals surface area contributed by atoms with Gasteiger partial charge in [-0.25, -0.2) is 12.4 Å². The number of nitrogens with one attached hydrogen (secondary N) is 1. The largest absolute Gasteiger partial charge is 0.378 e. The molecule has 2 aromatic rings. The number of ether oxygens (including phenoxy) is 1. The molecule has 7 nitrogen and oxygen atoms in total. The van der Waals surface area contributed by atoms with Gasteiger partial charge in [-0.05, 0) is 56.0 Å². The number of benzene rings is 1. The summed E-state index contributed by atoms with van der Waals surface area (Å²) in [6, 6.07) is 5.85. The van der Waals surface area contributed by atoms with Crippen LogP contribution in [0.1, 0.15) is 52.1 Å². The van der Waals surface area contributed by atoms with Crippen LogP contribution < -0.4 is 5.32 Å². The molecule has 0 saturated carbocycles. The van der Waals surface area contributed by atoms with Crippen molar-refractivity contribution in [1.29, 1.82) is 0 Å². The van der Waals surface area contributed by atoms with Crippen LogP contribution in [0.3, 0.4) is 0 Å². The zero-order valence-corrected chi connectivity index (χ0v) is 15.7. The molecular weight excluding hydrogens is 368 g/mol. The Morgan fingerprint density at radius 2 is 2.15 bits per heavy atom. The maximum atomic E-state index is 12.9. The fraction of sp³-hybridized carbons (Fsp3) is 0.368. The van der Waals surface area contributed by atoms with Gasteiger partial charge in [0.15, 0.2) is 5.78 Å². The number of carbonyl (C=O) groups is 2. The molecule has 1 fully saturated rings. The number of carbonyl (C=O) groups excluding carboxylic acids is 2. The fourth-order valence-corrected chi connectivity index (χ4v) is 5.10. The predicted octanol–water partition coefficient (Wildman–Crippen LogP) is 2.74. The van der Waals surface area contributed by atoms with Gasteiger partial charge in [0.05, 0.1) is 11.8 Å². The summed E-state index contributed by atoms with van der Waals surface area (Å²) in [6.45, 7) is 2.46. The molecule has 1 amide bonds. The van der Waals surface area contributed by atoms with Crippen LogP contribution in [0, 0.1) is 6.92 Å². The Labute approximate surface area is 157 Å². The highest BCUT2D eigenvalue weighted by Gasteiger charge is 2.31. The SMILES string of the molecule is Cc1cc2n(c1)S(=O)(=O)c1ccc(C(=O)CCC3CCCO3)cc1NC2=O. The summed E-state index contributed by atoms with van der Waals surface area (Å²) in [6.07, 6.45) is 4.48. The van der Waals surface area contributed by atoms with Crippen molar-refractivity contribution in [3.63, 3.8) is 0 Å². The summed E-state index contributed by atoms with van der Waals surface area (Å²) in [5.41, 5.74) is 1.23. The molecule has 3 heterocycles. The highest BCUT2D eigenvalue weighted by Crippen LogP contribution is 2.31. The smallest absolute Gasteiger partial charge is 0.273 e. The van der Waals surface area contributed by atoms with Gasteiger partial charge >= 0.3 is 0 Å². The summed E-state index contributed by atoms with van der Waals surface area (Å²) in [5, 5.41) is 2.62. The third-order valence-electron chi connectivity index (χ3n) is 4.96. The summed E-state index contributed by atoms with van der Waals surface area (Å²) < 4.78 is 32.4. The summed E-state index contributed by atoms with van der Waals surface area (Å²) in [4.78, 5) is 24.9. The number of aromatic nitrogens is 1. The zero-order chi connectivity index (χ0) is 19.2. The Hall–Kier alpha value is -2.45. The highest BCUT2D eigenvalue weighted by atomic mass is 32.2. The summed E-state index contributed by atoms with van der Waals surface area (Å²) >= 11 is 0. The molecule has 1 atom stereocenters. The van der Waals surface area contributed by atoms with Crippen LogP contribution in [0.5, 0.6) is 0 Å². The minimum Gasteiger partial charge on any atom is -0.378 e. The summed E-state index contributed by atoms with van der Waals surface area (Å²) in [7, 11) is -3.92. The number of Topliss-reactive ketones (excluding diaryl/α,β-unsaturated/α-hetero) is 1. The minimum absolute atomic E-state index is 0.0270. The Balaban J connectivity index is 1.65. The van der Waals surface area contributed by atoms with E-state index in [1.54, 1.807) is 6.92 Å². The molecule has 1 aromatic carbocycles. The molecule has 0 bridgehead atoms. The maximum absolute atomic E-state index is 12.9. The first kappa shape index (κ1) is 17.9. The van der Waals surface area contributed by atoms with Gasteiger partial charge in [-0.15, -0.1) is 0 Å². The van der Waals surface area contributed by atoms with Gasteiger partial charge in [0.25, 0.3) is 15.9 Å². The van der Waals surface area contributed by atoms with Crippen molar-refractivity contribution < 1.29 is 22.7 Å².